The van der Waals surface area contributed by atoms with Gasteiger partial charge in [0.05, 0.1) is 35.8 Å². The van der Waals surface area contributed by atoms with Crippen LogP contribution in [-0.2, 0) is 11.2 Å². The average molecular weight is 487 g/mol. The van der Waals surface area contributed by atoms with E-state index in [9.17, 15) is 9.59 Å². The first-order valence-electron chi connectivity index (χ1n) is 11.2. The molecule has 10 heteroatoms. The van der Waals surface area contributed by atoms with E-state index in [1.165, 1.54) is 13.2 Å². The molecule has 3 aromatic carbocycles. The van der Waals surface area contributed by atoms with E-state index < -0.39 is 11.9 Å². The number of aromatic amines is 2. The fourth-order valence-electron chi connectivity index (χ4n) is 4.11. The molecule has 1 amide bonds. The van der Waals surface area contributed by atoms with Crippen LogP contribution in [0.5, 0.6) is 5.75 Å². The third kappa shape index (κ3) is 4.36. The van der Waals surface area contributed by atoms with Crippen molar-refractivity contribution in [2.24, 2.45) is 0 Å². The van der Waals surface area contributed by atoms with E-state index in [4.69, 9.17) is 9.47 Å². The van der Waals surface area contributed by atoms with Gasteiger partial charge >= 0.3 is 6.09 Å². The number of rotatable bonds is 6. The number of benzene rings is 3. The maximum Gasteiger partial charge on any atom is 0.413 e. The second kappa shape index (κ2) is 9.49. The summed E-state index contributed by atoms with van der Waals surface area (Å²) in [5.41, 5.74) is 3.35. The SMILES string of the molecule is CCOC(=O)Nc1nc2cc(-c3cc(Cc4n[nH]c(=O)c5ccccc45)c(F)cc3OC)ccc2[nH]1. The quantitative estimate of drug-likeness (QED) is 0.317. The maximum atomic E-state index is 15.1. The number of carbonyl (C=O) groups is 1. The number of halogens is 1. The number of anilines is 1. The van der Waals surface area contributed by atoms with Crippen molar-refractivity contribution < 1.29 is 18.7 Å². The number of H-pyrrole nitrogens is 2. The number of hydrogen-bond acceptors (Lipinski definition) is 6. The monoisotopic (exact) mass is 487 g/mol. The zero-order valence-corrected chi connectivity index (χ0v) is 19.5. The second-order valence-corrected chi connectivity index (χ2v) is 8.03. The molecule has 9 nitrogen and oxygen atoms in total. The highest BCUT2D eigenvalue weighted by Gasteiger charge is 2.16. The Balaban J connectivity index is 1.54. The minimum absolute atomic E-state index is 0.165. The van der Waals surface area contributed by atoms with Crippen LogP contribution in [0.25, 0.3) is 32.9 Å². The molecule has 0 spiro atoms. The molecule has 182 valence electrons. The lowest BCUT2D eigenvalue weighted by molar-refractivity contribution is 0.167. The average Bonchev–Trinajstić information content (AvgIpc) is 3.28. The van der Waals surface area contributed by atoms with E-state index in [2.05, 4.69) is 25.5 Å². The predicted molar refractivity (Wildman–Crippen MR) is 134 cm³/mol. The van der Waals surface area contributed by atoms with E-state index in [1.807, 2.05) is 24.3 Å². The van der Waals surface area contributed by atoms with Gasteiger partial charge in [0.15, 0.2) is 0 Å². The van der Waals surface area contributed by atoms with Crippen LogP contribution in [0.2, 0.25) is 0 Å². The van der Waals surface area contributed by atoms with Crippen LogP contribution in [0.15, 0.2) is 59.4 Å². The molecule has 5 rings (SSSR count). The van der Waals surface area contributed by atoms with Crippen LogP contribution in [0.4, 0.5) is 15.1 Å². The van der Waals surface area contributed by atoms with E-state index in [-0.39, 0.29) is 24.5 Å². The van der Waals surface area contributed by atoms with Crippen molar-refractivity contribution in [1.82, 2.24) is 20.2 Å². The standard InChI is InChI=1S/C26H22FN5O4/c1-3-36-26(34)30-25-28-20-9-8-14(11-22(20)29-25)18-10-15(19(27)13-23(18)35-2)12-21-16-6-4-5-7-17(16)24(33)32-31-21/h4-11,13H,3,12H2,1-2H3,(H,32,33)(H2,28,29,30,34). The molecule has 0 unspecified atom stereocenters. The number of nitrogens with zero attached hydrogens (tertiary/aromatic N) is 2. The predicted octanol–water partition coefficient (Wildman–Crippen LogP) is 4.77. The van der Waals surface area contributed by atoms with Gasteiger partial charge in [0.2, 0.25) is 5.95 Å². The molecule has 0 fully saturated rings. The molecule has 3 N–H and O–H groups in total. The van der Waals surface area contributed by atoms with Crippen molar-refractivity contribution in [3.05, 3.63) is 82.0 Å². The van der Waals surface area contributed by atoms with Crippen molar-refractivity contribution in [3.8, 4) is 16.9 Å². The fraction of sp³-hybridized carbons (Fsp3) is 0.154. The van der Waals surface area contributed by atoms with Crippen LogP contribution >= 0.6 is 0 Å². The molecular weight excluding hydrogens is 465 g/mol. The summed E-state index contributed by atoms with van der Waals surface area (Å²) < 4.78 is 25.4. The number of hydrogen-bond donors (Lipinski definition) is 3. The third-order valence-corrected chi connectivity index (χ3v) is 5.79. The first kappa shape index (κ1) is 23.0. The minimum Gasteiger partial charge on any atom is -0.496 e. The summed E-state index contributed by atoms with van der Waals surface area (Å²) >= 11 is 0. The van der Waals surface area contributed by atoms with Gasteiger partial charge in [-0.25, -0.2) is 19.3 Å². The zero-order chi connectivity index (χ0) is 25.2. The Morgan fingerprint density at radius 2 is 1.92 bits per heavy atom. The second-order valence-electron chi connectivity index (χ2n) is 8.03. The number of imidazole rings is 1. The zero-order valence-electron chi connectivity index (χ0n) is 19.5. The summed E-state index contributed by atoms with van der Waals surface area (Å²) in [5.74, 6) is 0.160. The van der Waals surface area contributed by atoms with Gasteiger partial charge in [-0.1, -0.05) is 24.3 Å². The lowest BCUT2D eigenvalue weighted by Gasteiger charge is -2.13. The van der Waals surface area contributed by atoms with E-state index in [1.54, 1.807) is 31.2 Å². The summed E-state index contributed by atoms with van der Waals surface area (Å²) in [4.78, 5) is 31.3. The molecule has 0 saturated heterocycles. The first-order chi connectivity index (χ1) is 17.5. The third-order valence-electron chi connectivity index (χ3n) is 5.79. The Hall–Kier alpha value is -4.73. The van der Waals surface area contributed by atoms with Crippen molar-refractivity contribution >= 4 is 33.8 Å². The van der Waals surface area contributed by atoms with Gasteiger partial charge in [-0.2, -0.15) is 5.10 Å². The Labute approximate surface area is 204 Å². The molecule has 36 heavy (non-hydrogen) atoms. The molecule has 0 aliphatic carbocycles. The summed E-state index contributed by atoms with van der Waals surface area (Å²) in [5, 5.41) is 10.4. The molecule has 2 aromatic heterocycles. The topological polar surface area (TPSA) is 122 Å². The van der Waals surface area contributed by atoms with E-state index >= 15 is 4.39 Å². The van der Waals surface area contributed by atoms with Gasteiger partial charge in [-0.05, 0) is 42.3 Å². The number of nitrogens with one attached hydrogen (secondary N) is 3. The smallest absolute Gasteiger partial charge is 0.413 e. The highest BCUT2D eigenvalue weighted by atomic mass is 19.1. The molecular formula is C26H22FN5O4. The molecule has 0 aliphatic heterocycles. The van der Waals surface area contributed by atoms with Crippen LogP contribution in [-0.4, -0.2) is 40.0 Å². The molecule has 0 atom stereocenters. The Morgan fingerprint density at radius 3 is 2.69 bits per heavy atom. The largest absolute Gasteiger partial charge is 0.496 e. The fourth-order valence-corrected chi connectivity index (χ4v) is 4.11. The molecule has 0 saturated carbocycles. The number of amides is 1. The number of carbonyl (C=O) groups excluding carboxylic acids is 1. The Kier molecular flexibility index (Phi) is 6.07. The number of ether oxygens (including phenoxy) is 2. The van der Waals surface area contributed by atoms with E-state index in [0.717, 1.165) is 5.56 Å². The highest BCUT2D eigenvalue weighted by Crippen LogP contribution is 2.35. The summed E-state index contributed by atoms with van der Waals surface area (Å²) in [6.45, 7) is 1.96. The van der Waals surface area contributed by atoms with Gasteiger partial charge in [-0.3, -0.25) is 10.1 Å². The first-order valence-corrected chi connectivity index (χ1v) is 11.2. The van der Waals surface area contributed by atoms with Crippen molar-refractivity contribution in [1.29, 1.82) is 0 Å². The van der Waals surface area contributed by atoms with Crippen LogP contribution in [0.1, 0.15) is 18.2 Å². The Morgan fingerprint density at radius 1 is 1.11 bits per heavy atom. The molecule has 0 aliphatic rings. The lowest BCUT2D eigenvalue weighted by atomic mass is 9.97. The van der Waals surface area contributed by atoms with Crippen molar-refractivity contribution in [2.75, 3.05) is 19.0 Å². The summed E-state index contributed by atoms with van der Waals surface area (Å²) in [7, 11) is 1.48. The van der Waals surface area contributed by atoms with Crippen molar-refractivity contribution in [3.63, 3.8) is 0 Å². The van der Waals surface area contributed by atoms with Crippen molar-refractivity contribution in [2.45, 2.75) is 13.3 Å². The number of aromatic nitrogens is 4. The summed E-state index contributed by atoms with van der Waals surface area (Å²) in [6, 6.07) is 15.6. The number of methoxy groups -OCH3 is 1. The van der Waals surface area contributed by atoms with Gasteiger partial charge < -0.3 is 14.5 Å². The molecule has 0 radical (unpaired) electrons. The van der Waals surface area contributed by atoms with Crippen LogP contribution < -0.4 is 15.6 Å². The van der Waals surface area contributed by atoms with Gasteiger partial charge in [0.1, 0.15) is 11.6 Å². The molecule has 5 aromatic rings. The Bertz CT molecular complexity index is 1660. The van der Waals surface area contributed by atoms with E-state index in [0.29, 0.717) is 44.4 Å². The maximum absolute atomic E-state index is 15.1. The van der Waals surface area contributed by atoms with Crippen LogP contribution in [0.3, 0.4) is 0 Å². The molecule has 0 bridgehead atoms. The highest BCUT2D eigenvalue weighted by molar-refractivity contribution is 5.89. The van der Waals surface area contributed by atoms with Gasteiger partial charge in [0.25, 0.3) is 5.56 Å². The number of fused-ring (bicyclic) bond motifs is 2. The van der Waals surface area contributed by atoms with Gasteiger partial charge in [-0.15, -0.1) is 0 Å². The van der Waals surface area contributed by atoms with Crippen LogP contribution in [0, 0.1) is 5.82 Å². The lowest BCUT2D eigenvalue weighted by Crippen LogP contribution is -2.14. The minimum atomic E-state index is -0.606. The van der Waals surface area contributed by atoms with Gasteiger partial charge in [0, 0.05) is 23.4 Å². The molecule has 2 heterocycles. The normalized spacial score (nSPS) is 11.1. The summed E-state index contributed by atoms with van der Waals surface area (Å²) in [6.07, 6.45) is -0.441.